The van der Waals surface area contributed by atoms with E-state index in [0.717, 1.165) is 12.8 Å². The van der Waals surface area contributed by atoms with Crippen molar-refractivity contribution in [2.24, 2.45) is 0 Å². The molecule has 26 heavy (non-hydrogen) atoms. The van der Waals surface area contributed by atoms with Crippen LogP contribution in [0.15, 0.2) is 11.6 Å². The highest BCUT2D eigenvalue weighted by Gasteiger charge is 2.41. The van der Waals surface area contributed by atoms with E-state index in [-0.39, 0.29) is 17.7 Å². The predicted molar refractivity (Wildman–Crippen MR) is 109 cm³/mol. The van der Waals surface area contributed by atoms with Gasteiger partial charge in [0.15, 0.2) is 8.32 Å². The molecule has 0 heterocycles. The number of hydrogen-bond donors (Lipinski definition) is 2. The number of carbonyl (C=O) groups is 1. The minimum absolute atomic E-state index is 0.0311. The molecular weight excluding hydrogens is 346 g/mol. The lowest BCUT2D eigenvalue weighted by Gasteiger charge is -2.41. The van der Waals surface area contributed by atoms with E-state index in [1.54, 1.807) is 0 Å². The number of hydrogen-bond acceptors (Lipinski definition) is 4. The highest BCUT2D eigenvalue weighted by atomic mass is 28.4. The zero-order chi connectivity index (χ0) is 20.2. The van der Waals surface area contributed by atoms with Crippen molar-refractivity contribution < 1.29 is 19.1 Å². The normalized spacial score (nSPS) is 18.0. The maximum Gasteiger partial charge on any atom is 0.407 e. The van der Waals surface area contributed by atoms with Gasteiger partial charge in [-0.25, -0.2) is 4.79 Å². The Balaban J connectivity index is 2.90. The van der Waals surface area contributed by atoms with E-state index in [2.05, 4.69) is 45.3 Å². The van der Waals surface area contributed by atoms with Gasteiger partial charge in [-0.3, -0.25) is 0 Å². The van der Waals surface area contributed by atoms with E-state index >= 15 is 0 Å². The molecule has 1 aliphatic rings. The molecule has 6 heteroatoms. The molecule has 0 aliphatic heterocycles. The molecule has 0 aromatic rings. The first-order valence-corrected chi connectivity index (χ1v) is 12.6. The van der Waals surface area contributed by atoms with Crippen LogP contribution in [-0.4, -0.2) is 43.9 Å². The quantitative estimate of drug-likeness (QED) is 0.489. The van der Waals surface area contributed by atoms with Crippen molar-refractivity contribution in [1.82, 2.24) is 5.32 Å². The van der Waals surface area contributed by atoms with Gasteiger partial charge < -0.3 is 19.6 Å². The second kappa shape index (κ2) is 8.89. The van der Waals surface area contributed by atoms with Gasteiger partial charge in [-0.2, -0.15) is 0 Å². The Morgan fingerprint density at radius 1 is 1.23 bits per heavy atom. The minimum atomic E-state index is -2.07. The summed E-state index contributed by atoms with van der Waals surface area (Å²) in [6.45, 7) is 16.2. The fraction of sp³-hybridized carbons (Fsp3) is 0.850. The molecule has 0 aromatic heterocycles. The highest BCUT2D eigenvalue weighted by molar-refractivity contribution is 6.74. The van der Waals surface area contributed by atoms with Crippen LogP contribution in [0.1, 0.15) is 67.2 Å². The fourth-order valence-corrected chi connectivity index (χ4v) is 3.79. The van der Waals surface area contributed by atoms with Crippen LogP contribution in [0.5, 0.6) is 0 Å². The van der Waals surface area contributed by atoms with Gasteiger partial charge in [0.2, 0.25) is 0 Å². The van der Waals surface area contributed by atoms with Crippen molar-refractivity contribution in [2.75, 3.05) is 6.61 Å². The molecule has 152 valence electrons. The average Bonchev–Trinajstić information content (AvgIpc) is 2.38. The molecule has 1 amide bonds. The summed E-state index contributed by atoms with van der Waals surface area (Å²) in [5.41, 5.74) is 0.862. The molecule has 0 radical (unpaired) electrons. The summed E-state index contributed by atoms with van der Waals surface area (Å²) >= 11 is 0. The van der Waals surface area contributed by atoms with Gasteiger partial charge >= 0.3 is 6.09 Å². The van der Waals surface area contributed by atoms with Crippen LogP contribution in [0.4, 0.5) is 4.79 Å². The van der Waals surface area contributed by atoms with Crippen LogP contribution in [0, 0.1) is 0 Å². The standard InChI is InChI=1S/C20H39NO4Si/c1-19(2,3)24-18(23)21-16(13-12-15-10-9-11-15)17(14-22)25-26(7,8)20(4,5)6/h12,16-17,22H,9-11,13-14H2,1-8H3,(H,21,23)/t16-,17+/m0/s1. The van der Waals surface area contributed by atoms with Crippen molar-refractivity contribution in [3.05, 3.63) is 11.6 Å². The van der Waals surface area contributed by atoms with Crippen molar-refractivity contribution >= 4 is 14.4 Å². The average molecular weight is 386 g/mol. The van der Waals surface area contributed by atoms with Crippen molar-refractivity contribution in [2.45, 2.75) is 103 Å². The second-order valence-corrected chi connectivity index (χ2v) is 14.6. The number of carbonyl (C=O) groups excluding carboxylic acids is 1. The molecule has 0 saturated heterocycles. The van der Waals surface area contributed by atoms with Crippen molar-refractivity contribution in [3.63, 3.8) is 0 Å². The summed E-state index contributed by atoms with van der Waals surface area (Å²) in [6.07, 6.45) is 5.42. The number of nitrogens with one attached hydrogen (secondary N) is 1. The Hall–Kier alpha value is -0.853. The molecule has 0 bridgehead atoms. The molecule has 1 rings (SSSR count). The van der Waals surface area contributed by atoms with Gasteiger partial charge in [-0.05, 0) is 64.6 Å². The Morgan fingerprint density at radius 3 is 2.19 bits per heavy atom. The van der Waals surface area contributed by atoms with Crippen molar-refractivity contribution in [1.29, 1.82) is 0 Å². The molecule has 5 nitrogen and oxygen atoms in total. The van der Waals surface area contributed by atoms with Crippen LogP contribution >= 0.6 is 0 Å². The highest BCUT2D eigenvalue weighted by Crippen LogP contribution is 2.38. The summed E-state index contributed by atoms with van der Waals surface area (Å²) in [5, 5.41) is 13.0. The van der Waals surface area contributed by atoms with E-state index in [4.69, 9.17) is 9.16 Å². The lowest BCUT2D eigenvalue weighted by atomic mass is 9.90. The Bertz CT molecular complexity index is 497. The molecule has 1 fully saturated rings. The number of alkyl carbamates (subject to hydrolysis) is 1. The minimum Gasteiger partial charge on any atom is -0.444 e. The lowest BCUT2D eigenvalue weighted by molar-refractivity contribution is 0.0353. The van der Waals surface area contributed by atoms with E-state index in [0.29, 0.717) is 6.42 Å². The first-order chi connectivity index (χ1) is 11.7. The van der Waals surface area contributed by atoms with Gasteiger partial charge in [0, 0.05) is 0 Å². The van der Waals surface area contributed by atoms with Crippen LogP contribution in [0.2, 0.25) is 18.1 Å². The van der Waals surface area contributed by atoms with Gasteiger partial charge in [-0.15, -0.1) is 0 Å². The van der Waals surface area contributed by atoms with Gasteiger partial charge in [0.1, 0.15) is 5.60 Å². The third-order valence-electron chi connectivity index (χ3n) is 5.24. The van der Waals surface area contributed by atoms with E-state index < -0.39 is 26.1 Å². The Kier molecular flexibility index (Phi) is 7.93. The van der Waals surface area contributed by atoms with Crippen LogP contribution in [-0.2, 0) is 9.16 Å². The predicted octanol–water partition coefficient (Wildman–Crippen LogP) is 4.76. The largest absolute Gasteiger partial charge is 0.444 e. The monoisotopic (exact) mass is 385 g/mol. The topological polar surface area (TPSA) is 67.8 Å². The fourth-order valence-electron chi connectivity index (χ4n) is 2.44. The summed E-state index contributed by atoms with van der Waals surface area (Å²) in [4.78, 5) is 12.3. The molecule has 0 aromatic carbocycles. The van der Waals surface area contributed by atoms with Gasteiger partial charge in [0.25, 0.3) is 0 Å². The zero-order valence-corrected chi connectivity index (χ0v) is 18.9. The molecule has 2 atom stereocenters. The molecule has 0 spiro atoms. The summed E-state index contributed by atoms with van der Waals surface area (Å²) < 4.78 is 11.8. The Labute approximate surface area is 160 Å². The molecule has 0 unspecified atom stereocenters. The second-order valence-electron chi connectivity index (χ2n) is 9.80. The van der Waals surface area contributed by atoms with Gasteiger partial charge in [0.05, 0.1) is 18.8 Å². The molecule has 1 saturated carbocycles. The molecule has 2 N–H and O–H groups in total. The Morgan fingerprint density at radius 2 is 1.81 bits per heavy atom. The van der Waals surface area contributed by atoms with Crippen molar-refractivity contribution in [3.8, 4) is 0 Å². The number of aliphatic hydroxyl groups is 1. The SMILES string of the molecule is CC(C)(C)OC(=O)N[C@@H](CC=C1CCC1)[C@@H](CO)O[Si](C)(C)C(C)(C)C. The van der Waals surface area contributed by atoms with E-state index in [1.807, 2.05) is 20.8 Å². The smallest absolute Gasteiger partial charge is 0.407 e. The van der Waals surface area contributed by atoms with E-state index in [1.165, 1.54) is 12.0 Å². The third kappa shape index (κ3) is 7.41. The first kappa shape index (κ1) is 23.2. The van der Waals surface area contributed by atoms with Gasteiger partial charge in [-0.1, -0.05) is 32.4 Å². The number of aliphatic hydroxyl groups excluding tert-OH is 1. The third-order valence-corrected chi connectivity index (χ3v) is 9.74. The summed E-state index contributed by atoms with van der Waals surface area (Å²) in [5.74, 6) is 0. The zero-order valence-electron chi connectivity index (χ0n) is 17.9. The first-order valence-electron chi connectivity index (χ1n) is 9.71. The van der Waals surface area contributed by atoms with Crippen LogP contribution in [0.3, 0.4) is 0 Å². The van der Waals surface area contributed by atoms with Crippen LogP contribution in [0.25, 0.3) is 0 Å². The maximum absolute atomic E-state index is 12.3. The number of ether oxygens (including phenoxy) is 1. The number of amides is 1. The number of allylic oxidation sites excluding steroid dienone is 1. The molecule has 1 aliphatic carbocycles. The summed E-state index contributed by atoms with van der Waals surface area (Å²) in [6, 6.07) is -0.308. The summed E-state index contributed by atoms with van der Waals surface area (Å²) in [7, 11) is -2.07. The maximum atomic E-state index is 12.3. The molecular formula is C20H39NO4Si. The number of rotatable bonds is 7. The van der Waals surface area contributed by atoms with Crippen LogP contribution < -0.4 is 5.32 Å². The lowest BCUT2D eigenvalue weighted by Crippen LogP contribution is -2.53. The van der Waals surface area contributed by atoms with E-state index in [9.17, 15) is 9.90 Å².